The van der Waals surface area contributed by atoms with E-state index in [1.807, 2.05) is 0 Å². The molecule has 0 aliphatic heterocycles. The van der Waals surface area contributed by atoms with E-state index in [2.05, 4.69) is 0 Å². The van der Waals surface area contributed by atoms with Gasteiger partial charge in [0.05, 0.1) is 9.75 Å². The summed E-state index contributed by atoms with van der Waals surface area (Å²) in [6.07, 6.45) is 0.795. The molecular weight excluding hydrogens is 212 g/mol. The first-order chi connectivity index (χ1) is 7.20. The highest BCUT2D eigenvalue weighted by Crippen LogP contribution is 2.28. The highest BCUT2D eigenvalue weighted by molar-refractivity contribution is 7.17. The van der Waals surface area contributed by atoms with Gasteiger partial charge in [0.1, 0.15) is 5.76 Å². The third kappa shape index (κ3) is 1.89. The number of hydrogen-bond acceptors (Lipinski definition) is 4. The fraction of sp³-hybridized carbons (Fsp3) is 0.0909. The predicted octanol–water partition coefficient (Wildman–Crippen LogP) is 3.02. The molecule has 0 unspecified atom stereocenters. The molecule has 0 aliphatic rings. The Morgan fingerprint density at radius 2 is 2.13 bits per heavy atom. The molecule has 0 aliphatic carbocycles. The van der Waals surface area contributed by atoms with Crippen LogP contribution < -0.4 is 0 Å². The molecule has 0 radical (unpaired) electrons. The van der Waals surface area contributed by atoms with Gasteiger partial charge in [-0.25, -0.2) is 0 Å². The average molecular weight is 220 g/mol. The molecule has 0 amide bonds. The van der Waals surface area contributed by atoms with Gasteiger partial charge in [0.15, 0.2) is 17.8 Å². The van der Waals surface area contributed by atoms with Crippen LogP contribution in [0.25, 0.3) is 10.6 Å². The molecule has 2 heterocycles. The fourth-order valence-electron chi connectivity index (χ4n) is 1.21. The lowest BCUT2D eigenvalue weighted by molar-refractivity contribution is 0.0987. The van der Waals surface area contributed by atoms with Gasteiger partial charge < -0.3 is 4.42 Å². The maximum Gasteiger partial charge on any atom is 0.194 e. The summed E-state index contributed by atoms with van der Waals surface area (Å²) in [5.74, 6) is 0.859. The van der Waals surface area contributed by atoms with Gasteiger partial charge in [-0.1, -0.05) is 0 Å². The number of aldehydes is 1. The minimum Gasteiger partial charge on any atom is -0.452 e. The van der Waals surface area contributed by atoms with E-state index >= 15 is 0 Å². The maximum absolute atomic E-state index is 11.0. The Morgan fingerprint density at radius 1 is 1.33 bits per heavy atom. The monoisotopic (exact) mass is 220 g/mol. The van der Waals surface area contributed by atoms with Crippen LogP contribution in [0.1, 0.15) is 27.2 Å². The molecule has 0 bridgehead atoms. The third-order valence-electron chi connectivity index (χ3n) is 1.94. The van der Waals surface area contributed by atoms with Gasteiger partial charge in [-0.05, 0) is 24.3 Å². The summed E-state index contributed by atoms with van der Waals surface area (Å²) in [4.78, 5) is 23.0. The van der Waals surface area contributed by atoms with Crippen molar-refractivity contribution in [1.29, 1.82) is 0 Å². The van der Waals surface area contributed by atoms with Crippen LogP contribution >= 0.6 is 11.3 Å². The quantitative estimate of drug-likeness (QED) is 0.590. The first-order valence-corrected chi connectivity index (χ1v) is 5.18. The zero-order valence-electron chi connectivity index (χ0n) is 8.02. The van der Waals surface area contributed by atoms with Gasteiger partial charge in [-0.2, -0.15) is 0 Å². The summed E-state index contributed by atoms with van der Waals surface area (Å²) < 4.78 is 5.33. The Hall–Kier alpha value is -1.68. The number of carbonyl (C=O) groups excluding carboxylic acids is 2. The van der Waals surface area contributed by atoms with Gasteiger partial charge in [0.25, 0.3) is 0 Å². The molecule has 15 heavy (non-hydrogen) atoms. The van der Waals surface area contributed by atoms with Crippen LogP contribution in [-0.2, 0) is 0 Å². The van der Waals surface area contributed by atoms with E-state index in [1.54, 1.807) is 24.3 Å². The van der Waals surface area contributed by atoms with E-state index in [1.165, 1.54) is 18.3 Å². The number of rotatable bonds is 3. The normalized spacial score (nSPS) is 10.2. The van der Waals surface area contributed by atoms with Crippen molar-refractivity contribution >= 4 is 23.4 Å². The molecule has 2 rings (SSSR count). The summed E-state index contributed by atoms with van der Waals surface area (Å²) in [6, 6.07) is 6.90. The second kappa shape index (κ2) is 3.82. The number of thiophene rings is 1. The van der Waals surface area contributed by atoms with Crippen LogP contribution in [0.3, 0.4) is 0 Å². The zero-order chi connectivity index (χ0) is 10.8. The standard InChI is InChI=1S/C11H8O3S/c1-7(13)9-3-4-10(14-9)11-5-2-8(6-12)15-11/h2-6H,1H3. The van der Waals surface area contributed by atoms with E-state index < -0.39 is 0 Å². The fourth-order valence-corrected chi connectivity index (χ4v) is 1.99. The minimum atomic E-state index is -0.103. The SMILES string of the molecule is CC(=O)c1ccc(-c2ccc(C=O)s2)o1. The number of furan rings is 1. The Bertz CT molecular complexity index is 507. The second-order valence-electron chi connectivity index (χ2n) is 3.04. The van der Waals surface area contributed by atoms with Crippen molar-refractivity contribution in [3.63, 3.8) is 0 Å². The minimum absolute atomic E-state index is 0.103. The van der Waals surface area contributed by atoms with Crippen molar-refractivity contribution in [2.24, 2.45) is 0 Å². The van der Waals surface area contributed by atoms with Crippen molar-refractivity contribution < 1.29 is 14.0 Å². The molecule has 0 saturated carbocycles. The van der Waals surface area contributed by atoms with E-state index in [4.69, 9.17) is 4.42 Å². The number of Topliss-reactive ketones (excluding diaryl/α,β-unsaturated/α-hetero) is 1. The van der Waals surface area contributed by atoms with E-state index in [-0.39, 0.29) is 5.78 Å². The highest BCUT2D eigenvalue weighted by Gasteiger charge is 2.09. The Kier molecular flexibility index (Phi) is 2.51. The molecule has 3 nitrogen and oxygen atoms in total. The summed E-state index contributed by atoms with van der Waals surface area (Å²) >= 11 is 1.34. The lowest BCUT2D eigenvalue weighted by Gasteiger charge is -1.89. The van der Waals surface area contributed by atoms with Crippen molar-refractivity contribution in [3.8, 4) is 10.6 Å². The second-order valence-corrected chi connectivity index (χ2v) is 4.16. The molecule has 2 aromatic rings. The largest absolute Gasteiger partial charge is 0.452 e. The van der Waals surface area contributed by atoms with Gasteiger partial charge in [0.2, 0.25) is 0 Å². The number of ketones is 1. The van der Waals surface area contributed by atoms with E-state index in [0.29, 0.717) is 16.4 Å². The Labute approximate surface area is 90.3 Å². The summed E-state index contributed by atoms with van der Waals surface area (Å²) in [5.41, 5.74) is 0. The summed E-state index contributed by atoms with van der Waals surface area (Å²) in [6.45, 7) is 1.45. The van der Waals surface area contributed by atoms with Gasteiger partial charge in [0, 0.05) is 6.92 Å². The lowest BCUT2D eigenvalue weighted by atomic mass is 10.3. The van der Waals surface area contributed by atoms with Crippen molar-refractivity contribution in [2.75, 3.05) is 0 Å². The van der Waals surface area contributed by atoms with E-state index in [0.717, 1.165) is 11.2 Å². The molecule has 0 N–H and O–H groups in total. The molecule has 2 aromatic heterocycles. The molecule has 0 fully saturated rings. The predicted molar refractivity (Wildman–Crippen MR) is 57.4 cm³/mol. The first-order valence-electron chi connectivity index (χ1n) is 4.37. The molecule has 0 aromatic carbocycles. The molecule has 4 heteroatoms. The zero-order valence-corrected chi connectivity index (χ0v) is 8.84. The molecule has 76 valence electrons. The molecule has 0 spiro atoms. The van der Waals surface area contributed by atoms with Crippen LogP contribution in [0.2, 0.25) is 0 Å². The Morgan fingerprint density at radius 3 is 2.67 bits per heavy atom. The summed E-state index contributed by atoms with van der Waals surface area (Å²) in [7, 11) is 0. The van der Waals surface area contributed by atoms with Crippen molar-refractivity contribution in [2.45, 2.75) is 6.92 Å². The smallest absolute Gasteiger partial charge is 0.194 e. The average Bonchev–Trinajstić information content (AvgIpc) is 2.86. The molecular formula is C11H8O3S. The first kappa shape index (κ1) is 9.86. The van der Waals surface area contributed by atoms with Crippen LogP contribution in [0, 0.1) is 0 Å². The van der Waals surface area contributed by atoms with Gasteiger partial charge >= 0.3 is 0 Å². The van der Waals surface area contributed by atoms with Gasteiger partial charge in [-0.15, -0.1) is 11.3 Å². The van der Waals surface area contributed by atoms with Gasteiger partial charge in [-0.3, -0.25) is 9.59 Å². The van der Waals surface area contributed by atoms with Crippen LogP contribution in [0.15, 0.2) is 28.7 Å². The Balaban J connectivity index is 2.36. The summed E-state index contributed by atoms with van der Waals surface area (Å²) in [5, 5.41) is 0. The molecule has 0 atom stereocenters. The highest BCUT2D eigenvalue weighted by atomic mass is 32.1. The van der Waals surface area contributed by atoms with Crippen LogP contribution in [0.4, 0.5) is 0 Å². The third-order valence-corrected chi connectivity index (χ3v) is 2.96. The van der Waals surface area contributed by atoms with Crippen LogP contribution in [0.5, 0.6) is 0 Å². The van der Waals surface area contributed by atoms with Crippen LogP contribution in [-0.4, -0.2) is 12.1 Å². The maximum atomic E-state index is 11.0. The van der Waals surface area contributed by atoms with Crippen molar-refractivity contribution in [3.05, 3.63) is 34.9 Å². The molecule has 0 saturated heterocycles. The van der Waals surface area contributed by atoms with E-state index in [9.17, 15) is 9.59 Å². The number of hydrogen-bond donors (Lipinski definition) is 0. The lowest BCUT2D eigenvalue weighted by Crippen LogP contribution is -1.85. The topological polar surface area (TPSA) is 47.3 Å². The number of carbonyl (C=O) groups is 2. The van der Waals surface area contributed by atoms with Crippen molar-refractivity contribution in [1.82, 2.24) is 0 Å².